The Morgan fingerprint density at radius 2 is 1.41 bits per heavy atom. The van der Waals surface area contributed by atoms with E-state index in [4.69, 9.17) is 9.15 Å². The maximum Gasteiger partial charge on any atom is 0.134 e. The number of rotatable bonds is 11. The summed E-state index contributed by atoms with van der Waals surface area (Å²) in [5.41, 5.74) is 6.04. The van der Waals surface area contributed by atoms with Gasteiger partial charge in [0.1, 0.15) is 11.5 Å². The van der Waals surface area contributed by atoms with Crippen molar-refractivity contribution in [3.8, 4) is 0 Å². The van der Waals surface area contributed by atoms with E-state index in [1.54, 1.807) is 13.2 Å². The van der Waals surface area contributed by atoms with Crippen LogP contribution in [0.3, 0.4) is 0 Å². The number of benzene rings is 1. The molecule has 0 aliphatic heterocycles. The molecule has 0 spiro atoms. The number of alkyl halides is 1. The van der Waals surface area contributed by atoms with Crippen LogP contribution in [-0.2, 0) is 4.74 Å². The third kappa shape index (κ3) is 32.3. The number of furan rings is 1. The Kier molecular flexibility index (Phi) is 40.0. The minimum absolute atomic E-state index is 0.0469. The summed E-state index contributed by atoms with van der Waals surface area (Å²) in [6.07, 6.45) is 10.5. The molecular weight excluding hydrogens is 605 g/mol. The van der Waals surface area contributed by atoms with Crippen molar-refractivity contribution >= 4 is 17.2 Å². The van der Waals surface area contributed by atoms with Crippen molar-refractivity contribution in [1.82, 2.24) is 4.90 Å². The van der Waals surface area contributed by atoms with Crippen LogP contribution in [0.25, 0.3) is 17.2 Å². The fourth-order valence-electron chi connectivity index (χ4n) is 4.17. The molecule has 1 aromatic carbocycles. The summed E-state index contributed by atoms with van der Waals surface area (Å²) in [6, 6.07) is 10.5. The number of methoxy groups -OCH3 is 1. The van der Waals surface area contributed by atoms with Gasteiger partial charge in [0.2, 0.25) is 0 Å². The molecule has 2 aromatic rings. The predicted molar refractivity (Wildman–Crippen MR) is 225 cm³/mol. The zero-order valence-corrected chi connectivity index (χ0v) is 35.8. The van der Waals surface area contributed by atoms with Crippen molar-refractivity contribution in [2.45, 2.75) is 130 Å². The van der Waals surface area contributed by atoms with Crippen molar-refractivity contribution < 1.29 is 13.5 Å². The Labute approximate surface area is 306 Å². The highest BCUT2D eigenvalue weighted by Crippen LogP contribution is 2.39. The molecule has 1 aromatic heterocycles. The first-order chi connectivity index (χ1) is 23.0. The van der Waals surface area contributed by atoms with Crippen LogP contribution in [0.2, 0.25) is 0 Å². The van der Waals surface area contributed by atoms with Gasteiger partial charge >= 0.3 is 0 Å². The number of allylic oxidation sites excluding steroid dienone is 4. The van der Waals surface area contributed by atoms with Gasteiger partial charge in [0.15, 0.2) is 0 Å². The molecule has 286 valence electrons. The van der Waals surface area contributed by atoms with Gasteiger partial charge in [0.05, 0.1) is 7.18 Å². The molecule has 0 unspecified atom stereocenters. The maximum absolute atomic E-state index is 9.50. The van der Waals surface area contributed by atoms with Crippen molar-refractivity contribution in [2.24, 2.45) is 10.8 Å². The quantitative estimate of drug-likeness (QED) is 0.134. The summed E-state index contributed by atoms with van der Waals surface area (Å²) in [4.78, 5) is 2.39. The molecule has 1 heterocycles. The van der Waals surface area contributed by atoms with Gasteiger partial charge in [-0.25, -0.2) is 0 Å². The Balaban J connectivity index is -0.000000206. The number of nitrogens with zero attached hydrogens (tertiary/aromatic N) is 1. The number of hydrogen-bond acceptors (Lipinski definition) is 3. The summed E-state index contributed by atoms with van der Waals surface area (Å²) in [7, 11) is 4.40. The molecule has 0 aliphatic rings. The monoisotopic (exact) mass is 688 g/mol. The van der Waals surface area contributed by atoms with E-state index in [-0.39, 0.29) is 5.41 Å². The lowest BCUT2D eigenvalue weighted by atomic mass is 9.82. The smallest absolute Gasteiger partial charge is 0.134 e. The zero-order chi connectivity index (χ0) is 39.6. The van der Waals surface area contributed by atoms with Crippen molar-refractivity contribution in [1.29, 1.82) is 0 Å². The lowest BCUT2D eigenvalue weighted by Crippen LogP contribution is -2.29. The molecule has 0 radical (unpaired) electrons. The molecule has 0 saturated heterocycles. The summed E-state index contributed by atoms with van der Waals surface area (Å²) in [5, 5.41) is 0. The molecule has 0 fully saturated rings. The van der Waals surface area contributed by atoms with Gasteiger partial charge in [-0.1, -0.05) is 145 Å². The topological polar surface area (TPSA) is 25.6 Å². The highest BCUT2D eigenvalue weighted by molar-refractivity contribution is 5.84. The zero-order valence-electron chi connectivity index (χ0n) is 35.8. The van der Waals surface area contributed by atoms with Crippen LogP contribution >= 0.6 is 0 Å². The second-order valence-corrected chi connectivity index (χ2v) is 13.5. The van der Waals surface area contributed by atoms with E-state index in [2.05, 4.69) is 138 Å². The average molecular weight is 688 g/mol. The predicted octanol–water partition coefficient (Wildman–Crippen LogP) is 14.7. The number of halogens is 1. The molecule has 0 N–H and O–H groups in total. The normalized spacial score (nSPS) is 10.3. The molecule has 2 rings (SSSR count). The second kappa shape index (κ2) is 35.1. The summed E-state index contributed by atoms with van der Waals surface area (Å²) < 4.78 is 20.3. The third-order valence-electron chi connectivity index (χ3n) is 6.04. The number of unbranched alkanes of at least 4 members (excludes halogenated alkanes) is 1. The van der Waals surface area contributed by atoms with Crippen LogP contribution in [-0.4, -0.2) is 45.9 Å². The average Bonchev–Trinajstić information content (AvgIpc) is 3.43. The molecule has 49 heavy (non-hydrogen) atoms. The van der Waals surface area contributed by atoms with E-state index in [1.807, 2.05) is 39.8 Å². The van der Waals surface area contributed by atoms with Crippen LogP contribution in [0.15, 0.2) is 66.6 Å². The summed E-state index contributed by atoms with van der Waals surface area (Å²) in [6.45, 7) is 46.9. The molecule has 3 nitrogen and oxygen atoms in total. The number of ether oxygens (including phenoxy) is 1. The van der Waals surface area contributed by atoms with Gasteiger partial charge in [-0.2, -0.15) is 0 Å². The van der Waals surface area contributed by atoms with Crippen LogP contribution < -0.4 is 0 Å². The molecule has 0 aliphatic carbocycles. The van der Waals surface area contributed by atoms with Crippen LogP contribution in [0.1, 0.15) is 144 Å². The molecular formula is C45H82FNO2. The fourth-order valence-corrected chi connectivity index (χ4v) is 4.17. The first-order valence-corrected chi connectivity index (χ1v) is 18.4. The van der Waals surface area contributed by atoms with Crippen molar-refractivity contribution in [3.63, 3.8) is 0 Å². The highest BCUT2D eigenvalue weighted by atomic mass is 19.1. The molecule has 4 heteroatoms. The van der Waals surface area contributed by atoms with Crippen molar-refractivity contribution in [2.75, 3.05) is 41.0 Å². The van der Waals surface area contributed by atoms with E-state index >= 15 is 0 Å². The van der Waals surface area contributed by atoms with Gasteiger partial charge in [0.25, 0.3) is 0 Å². The van der Waals surface area contributed by atoms with Crippen LogP contribution in [0, 0.1) is 24.7 Å². The largest absolute Gasteiger partial charge is 0.457 e. The van der Waals surface area contributed by atoms with Gasteiger partial charge < -0.3 is 14.1 Å². The lowest BCUT2D eigenvalue weighted by molar-refractivity contribution is 0.196. The van der Waals surface area contributed by atoms with Gasteiger partial charge in [-0.3, -0.25) is 4.39 Å². The van der Waals surface area contributed by atoms with E-state index in [0.717, 1.165) is 53.2 Å². The Morgan fingerprint density at radius 3 is 1.76 bits per heavy atom. The first-order valence-electron chi connectivity index (χ1n) is 18.4. The standard InChI is InChI=1S/C22H26O.C9H21N.C6H12O.C3H8.2C2H6.CH3F/c1-8-19-13-17(4)21(23-19)20(22(5,6)7)14-16(3)18-11-9-15(2)10-12-18;1-6-7-10(5)8-9(2,3)4;1-3-4-5-6-7-2;1-3-2;3*1-2/h8-14H,1,3H2,2,4-7H3;6-8H2,1-5H3;3H,1,4-6H2,2H3;3H2,1-2H3;2*1-2H3;1H3/b20-14+;;;;;;. The Bertz CT molecular complexity index is 1060. The highest BCUT2D eigenvalue weighted by Gasteiger charge is 2.24. The molecule has 0 bridgehead atoms. The van der Waals surface area contributed by atoms with E-state index in [1.165, 1.54) is 31.5 Å². The molecule has 0 atom stereocenters. The second-order valence-electron chi connectivity index (χ2n) is 13.5. The lowest BCUT2D eigenvalue weighted by Gasteiger charge is -2.25. The van der Waals surface area contributed by atoms with E-state index in [9.17, 15) is 4.39 Å². The summed E-state index contributed by atoms with van der Waals surface area (Å²) in [5.74, 6) is 1.72. The van der Waals surface area contributed by atoms with Gasteiger partial charge in [0, 0.05) is 25.8 Å². The number of aryl methyl sites for hydroxylation is 2. The number of hydrogen-bond donors (Lipinski definition) is 0. The Morgan fingerprint density at radius 1 is 0.918 bits per heavy atom. The molecule has 0 amide bonds. The van der Waals surface area contributed by atoms with Crippen LogP contribution in [0.4, 0.5) is 4.39 Å². The van der Waals surface area contributed by atoms with Crippen molar-refractivity contribution in [3.05, 3.63) is 90.4 Å². The van der Waals surface area contributed by atoms with Gasteiger partial charge in [-0.05, 0) is 92.5 Å². The third-order valence-corrected chi connectivity index (χ3v) is 6.04. The minimum Gasteiger partial charge on any atom is -0.457 e. The first kappa shape index (κ1) is 55.7. The SMILES string of the molecule is C=CCCCOC.C=Cc1cc(C)c(/C(=C\C(=C)c2ccc(C)cc2)C(C)(C)C)o1.CC.CC.CCC.CCCN(C)CC(C)(C)C.CF. The van der Waals surface area contributed by atoms with Crippen LogP contribution in [0.5, 0.6) is 0 Å². The Hall–Kier alpha value is -2.69. The van der Waals surface area contributed by atoms with Gasteiger partial charge in [-0.15, -0.1) is 6.58 Å². The molecule has 0 saturated carbocycles. The maximum atomic E-state index is 9.50. The minimum atomic E-state index is -0.0469. The fraction of sp³-hybridized carbons (Fsp3) is 0.600. The van der Waals surface area contributed by atoms with E-state index < -0.39 is 0 Å². The van der Waals surface area contributed by atoms with E-state index in [0.29, 0.717) is 12.6 Å². The summed E-state index contributed by atoms with van der Waals surface area (Å²) >= 11 is 0.